The smallest absolute Gasteiger partial charge is 0.351 e. The SMILES string of the molecule is Cc1nc2sc(C(=O)OC(C)(C)C)c(N)c2c(C)c1OCCN1CCCN(C)CC1. The zero-order valence-corrected chi connectivity index (χ0v) is 19.8. The number of thiophene rings is 1. The summed E-state index contributed by atoms with van der Waals surface area (Å²) in [5, 5.41) is 0.790. The highest BCUT2D eigenvalue weighted by atomic mass is 32.1. The van der Waals surface area contributed by atoms with Crippen molar-refractivity contribution in [2.24, 2.45) is 0 Å². The summed E-state index contributed by atoms with van der Waals surface area (Å²) in [5.74, 6) is 0.350. The molecule has 0 aromatic carbocycles. The predicted molar refractivity (Wildman–Crippen MR) is 123 cm³/mol. The second kappa shape index (κ2) is 9.08. The molecule has 8 heteroatoms. The van der Waals surface area contributed by atoms with Gasteiger partial charge in [-0.25, -0.2) is 9.78 Å². The molecular weight excluding hydrogens is 400 g/mol. The van der Waals surface area contributed by atoms with E-state index in [2.05, 4.69) is 21.8 Å². The van der Waals surface area contributed by atoms with Crippen molar-refractivity contribution in [1.82, 2.24) is 14.8 Å². The molecule has 0 radical (unpaired) electrons. The van der Waals surface area contributed by atoms with Crippen LogP contribution in [0, 0.1) is 13.8 Å². The van der Waals surface area contributed by atoms with Gasteiger partial charge in [0.05, 0.1) is 11.4 Å². The van der Waals surface area contributed by atoms with Crippen LogP contribution in [-0.4, -0.2) is 72.7 Å². The van der Waals surface area contributed by atoms with Crippen molar-refractivity contribution in [2.45, 2.75) is 46.6 Å². The van der Waals surface area contributed by atoms with Crippen LogP contribution in [0.5, 0.6) is 5.75 Å². The molecule has 2 aromatic rings. The van der Waals surface area contributed by atoms with Crippen LogP contribution in [0.1, 0.15) is 48.1 Å². The molecule has 1 aliphatic heterocycles. The average Bonchev–Trinajstić information content (AvgIpc) is 2.82. The molecule has 2 N–H and O–H groups in total. The molecule has 0 aliphatic carbocycles. The number of carbonyl (C=O) groups is 1. The summed E-state index contributed by atoms with van der Waals surface area (Å²) >= 11 is 1.28. The second-order valence-electron chi connectivity index (χ2n) is 9.03. The fourth-order valence-corrected chi connectivity index (χ4v) is 4.83. The summed E-state index contributed by atoms with van der Waals surface area (Å²) in [6.07, 6.45) is 1.18. The third-order valence-electron chi connectivity index (χ3n) is 5.29. The molecule has 0 bridgehead atoms. The summed E-state index contributed by atoms with van der Waals surface area (Å²) in [4.78, 5) is 23.2. The largest absolute Gasteiger partial charge is 0.490 e. The predicted octanol–water partition coefficient (Wildman–Crippen LogP) is 3.47. The maximum absolute atomic E-state index is 12.6. The fraction of sp³-hybridized carbons (Fsp3) is 0.636. The zero-order chi connectivity index (χ0) is 22.1. The maximum atomic E-state index is 12.6. The topological polar surface area (TPSA) is 80.9 Å². The molecule has 0 unspecified atom stereocenters. The fourth-order valence-electron chi connectivity index (χ4n) is 3.75. The van der Waals surface area contributed by atoms with Crippen LogP contribution in [0.15, 0.2) is 0 Å². The number of carbonyl (C=O) groups excluding carboxylic acids is 1. The van der Waals surface area contributed by atoms with E-state index in [9.17, 15) is 4.79 Å². The van der Waals surface area contributed by atoms with Crippen molar-refractivity contribution in [3.63, 3.8) is 0 Å². The number of pyridine rings is 1. The van der Waals surface area contributed by atoms with Gasteiger partial charge in [-0.1, -0.05) is 0 Å². The van der Waals surface area contributed by atoms with E-state index < -0.39 is 11.6 Å². The molecule has 0 spiro atoms. The number of fused-ring (bicyclic) bond motifs is 1. The number of ether oxygens (including phenoxy) is 2. The summed E-state index contributed by atoms with van der Waals surface area (Å²) in [6, 6.07) is 0. The van der Waals surface area contributed by atoms with Crippen LogP contribution in [0.3, 0.4) is 0 Å². The molecule has 1 saturated heterocycles. The minimum absolute atomic E-state index is 0.403. The standard InChI is InChI=1S/C22H34N4O3S/c1-14-16-17(23)19(21(27)29-22(3,4)5)30-20(16)24-15(2)18(14)28-13-12-26-9-7-8-25(6)10-11-26/h7-13,23H2,1-6H3. The van der Waals surface area contributed by atoms with Gasteiger partial charge in [0.15, 0.2) is 0 Å². The van der Waals surface area contributed by atoms with Gasteiger partial charge in [0, 0.05) is 30.6 Å². The van der Waals surface area contributed by atoms with Crippen LogP contribution in [0.25, 0.3) is 10.2 Å². The number of esters is 1. The Balaban J connectivity index is 1.77. The van der Waals surface area contributed by atoms with Gasteiger partial charge >= 0.3 is 5.97 Å². The number of nitrogens with two attached hydrogens (primary N) is 1. The molecule has 2 aromatic heterocycles. The zero-order valence-electron chi connectivity index (χ0n) is 19.0. The van der Waals surface area contributed by atoms with E-state index in [0.29, 0.717) is 17.2 Å². The molecule has 0 saturated carbocycles. The lowest BCUT2D eigenvalue weighted by molar-refractivity contribution is 0.00764. The number of aromatic nitrogens is 1. The molecule has 7 nitrogen and oxygen atoms in total. The van der Waals surface area contributed by atoms with E-state index in [-0.39, 0.29) is 0 Å². The highest BCUT2D eigenvalue weighted by molar-refractivity contribution is 7.21. The Kier molecular flexibility index (Phi) is 6.89. The van der Waals surface area contributed by atoms with Gasteiger partial charge in [0.1, 0.15) is 27.7 Å². The van der Waals surface area contributed by atoms with E-state index in [1.807, 2.05) is 34.6 Å². The number of hydrogen-bond acceptors (Lipinski definition) is 8. The third kappa shape index (κ3) is 5.22. The highest BCUT2D eigenvalue weighted by Crippen LogP contribution is 2.40. The summed E-state index contributed by atoms with van der Waals surface area (Å²) in [7, 11) is 2.17. The third-order valence-corrected chi connectivity index (χ3v) is 6.37. The first kappa shape index (κ1) is 22.8. The number of nitrogens with zero attached hydrogens (tertiary/aromatic N) is 3. The minimum Gasteiger partial charge on any atom is -0.490 e. The van der Waals surface area contributed by atoms with Crippen LogP contribution in [0.4, 0.5) is 5.69 Å². The van der Waals surface area contributed by atoms with Crippen molar-refractivity contribution in [2.75, 3.05) is 52.1 Å². The van der Waals surface area contributed by atoms with Crippen molar-refractivity contribution >= 4 is 33.2 Å². The number of aryl methyl sites for hydroxylation is 2. The van der Waals surface area contributed by atoms with Crippen molar-refractivity contribution in [3.05, 3.63) is 16.1 Å². The van der Waals surface area contributed by atoms with E-state index in [4.69, 9.17) is 15.2 Å². The normalized spacial score (nSPS) is 16.6. The van der Waals surface area contributed by atoms with E-state index in [0.717, 1.165) is 59.9 Å². The molecule has 166 valence electrons. The number of rotatable bonds is 5. The molecule has 0 atom stereocenters. The van der Waals surface area contributed by atoms with E-state index in [1.165, 1.54) is 17.8 Å². The molecule has 30 heavy (non-hydrogen) atoms. The van der Waals surface area contributed by atoms with Gasteiger partial charge in [-0.3, -0.25) is 4.90 Å². The second-order valence-corrected chi connectivity index (χ2v) is 10.0. The Bertz CT molecular complexity index is 919. The summed E-state index contributed by atoms with van der Waals surface area (Å²) < 4.78 is 11.7. The molecule has 3 heterocycles. The lowest BCUT2D eigenvalue weighted by Gasteiger charge is -2.21. The van der Waals surface area contributed by atoms with Crippen LogP contribution in [0.2, 0.25) is 0 Å². The van der Waals surface area contributed by atoms with Crippen LogP contribution < -0.4 is 10.5 Å². The van der Waals surface area contributed by atoms with Gasteiger partial charge < -0.3 is 20.1 Å². The van der Waals surface area contributed by atoms with E-state index >= 15 is 0 Å². The minimum atomic E-state index is -0.575. The quantitative estimate of drug-likeness (QED) is 0.722. The Labute approximate surface area is 183 Å². The van der Waals surface area contributed by atoms with Gasteiger partial charge in [-0.2, -0.15) is 0 Å². The number of likely N-dealkylation sites (N-methyl/N-ethyl adjacent to an activating group) is 1. The monoisotopic (exact) mass is 434 g/mol. The highest BCUT2D eigenvalue weighted by Gasteiger charge is 2.26. The first-order valence-electron chi connectivity index (χ1n) is 10.5. The van der Waals surface area contributed by atoms with Crippen molar-refractivity contribution < 1.29 is 14.3 Å². The lowest BCUT2D eigenvalue weighted by Crippen LogP contribution is -2.32. The van der Waals surface area contributed by atoms with Gasteiger partial charge in [0.2, 0.25) is 0 Å². The van der Waals surface area contributed by atoms with Gasteiger partial charge in [-0.15, -0.1) is 11.3 Å². The summed E-state index contributed by atoms with van der Waals surface area (Å²) in [6.45, 7) is 15.3. The lowest BCUT2D eigenvalue weighted by atomic mass is 10.1. The molecule has 0 amide bonds. The summed E-state index contributed by atoms with van der Waals surface area (Å²) in [5.41, 5.74) is 7.95. The average molecular weight is 435 g/mol. The van der Waals surface area contributed by atoms with Gasteiger partial charge in [0.25, 0.3) is 0 Å². The van der Waals surface area contributed by atoms with Crippen molar-refractivity contribution in [3.8, 4) is 5.75 Å². The van der Waals surface area contributed by atoms with Gasteiger partial charge in [-0.05, 0) is 61.2 Å². The Hall–Kier alpha value is -1.90. The molecular formula is C22H34N4O3S. The first-order chi connectivity index (χ1) is 14.1. The Morgan fingerprint density at radius 1 is 1.20 bits per heavy atom. The molecule has 1 aliphatic rings. The number of anilines is 1. The van der Waals surface area contributed by atoms with E-state index in [1.54, 1.807) is 0 Å². The molecule has 3 rings (SSSR count). The number of hydrogen-bond donors (Lipinski definition) is 1. The number of nitrogen functional groups attached to an aromatic ring is 1. The molecule has 1 fully saturated rings. The first-order valence-corrected chi connectivity index (χ1v) is 11.3. The van der Waals surface area contributed by atoms with Crippen LogP contribution in [-0.2, 0) is 4.74 Å². The Morgan fingerprint density at radius 3 is 2.63 bits per heavy atom. The van der Waals surface area contributed by atoms with Crippen LogP contribution >= 0.6 is 11.3 Å². The Morgan fingerprint density at radius 2 is 1.93 bits per heavy atom. The maximum Gasteiger partial charge on any atom is 0.351 e. The van der Waals surface area contributed by atoms with Crippen molar-refractivity contribution in [1.29, 1.82) is 0 Å².